The van der Waals surface area contributed by atoms with Gasteiger partial charge in [0, 0.05) is 25.4 Å². The van der Waals surface area contributed by atoms with Crippen LogP contribution in [0.2, 0.25) is 0 Å². The molecule has 4 nitrogen and oxygen atoms in total. The molecule has 1 rings (SSSR count). The molecule has 0 spiro atoms. The summed E-state index contributed by atoms with van der Waals surface area (Å²) in [5, 5.41) is 2.74. The summed E-state index contributed by atoms with van der Waals surface area (Å²) in [4.78, 5) is 10.6. The minimum Gasteiger partial charge on any atom is -0.380 e. The fraction of sp³-hybridized carbons (Fsp3) is 0.857. The molecule has 0 radical (unpaired) electrons. The molecule has 1 amide bonds. The van der Waals surface area contributed by atoms with Crippen molar-refractivity contribution in [1.82, 2.24) is 5.32 Å². The standard InChI is InChI=1S/C7H14N2O2/c1-6(10)9-3-7(2-8)4-11-5-7/h2-5,8H2,1H3,(H,9,10). The number of nitrogens with two attached hydrogens (primary N) is 1. The average molecular weight is 158 g/mol. The highest BCUT2D eigenvalue weighted by molar-refractivity contribution is 5.72. The summed E-state index contributed by atoms with van der Waals surface area (Å²) >= 11 is 0. The molecule has 4 heteroatoms. The highest BCUT2D eigenvalue weighted by atomic mass is 16.5. The summed E-state index contributed by atoms with van der Waals surface area (Å²) in [6.07, 6.45) is 0. The monoisotopic (exact) mass is 158 g/mol. The predicted octanol–water partition coefficient (Wildman–Crippen LogP) is -0.902. The zero-order valence-electron chi connectivity index (χ0n) is 6.72. The summed E-state index contributed by atoms with van der Waals surface area (Å²) in [7, 11) is 0. The molecule has 3 N–H and O–H groups in total. The Hall–Kier alpha value is -0.610. The number of ether oxygens (including phenoxy) is 1. The van der Waals surface area contributed by atoms with Gasteiger partial charge >= 0.3 is 0 Å². The molecule has 0 atom stereocenters. The minimum atomic E-state index is -0.00951. The second-order valence-corrected chi connectivity index (χ2v) is 3.11. The topological polar surface area (TPSA) is 64.4 Å². The lowest BCUT2D eigenvalue weighted by molar-refractivity contribution is -0.126. The van der Waals surface area contributed by atoms with Crippen LogP contribution in [0.1, 0.15) is 6.92 Å². The first-order valence-corrected chi connectivity index (χ1v) is 3.71. The summed E-state index contributed by atoms with van der Waals surface area (Å²) in [6, 6.07) is 0. The highest BCUT2D eigenvalue weighted by Crippen LogP contribution is 2.24. The molecule has 1 aliphatic heterocycles. The molecule has 0 aliphatic carbocycles. The molecule has 0 bridgehead atoms. The molecule has 1 fully saturated rings. The Labute approximate surface area is 66.1 Å². The lowest BCUT2D eigenvalue weighted by Gasteiger charge is -2.40. The van der Waals surface area contributed by atoms with E-state index in [2.05, 4.69) is 5.32 Å². The number of nitrogens with one attached hydrogen (secondary N) is 1. The van der Waals surface area contributed by atoms with E-state index in [0.29, 0.717) is 26.3 Å². The van der Waals surface area contributed by atoms with Crippen molar-refractivity contribution in [3.8, 4) is 0 Å². The van der Waals surface area contributed by atoms with Crippen molar-refractivity contribution in [3.63, 3.8) is 0 Å². The van der Waals surface area contributed by atoms with Crippen LogP contribution in [-0.2, 0) is 9.53 Å². The Balaban J connectivity index is 2.27. The van der Waals surface area contributed by atoms with Crippen LogP contribution in [0.25, 0.3) is 0 Å². The molecule has 0 unspecified atom stereocenters. The normalized spacial score (nSPS) is 20.5. The van der Waals surface area contributed by atoms with Gasteiger partial charge in [-0.05, 0) is 0 Å². The van der Waals surface area contributed by atoms with Crippen molar-refractivity contribution in [2.24, 2.45) is 11.1 Å². The summed E-state index contributed by atoms with van der Waals surface area (Å²) < 4.78 is 5.03. The quantitative estimate of drug-likeness (QED) is 0.559. The van der Waals surface area contributed by atoms with E-state index >= 15 is 0 Å². The molecule has 1 aliphatic rings. The lowest BCUT2D eigenvalue weighted by Crippen LogP contribution is -2.54. The summed E-state index contributed by atoms with van der Waals surface area (Å²) in [5.74, 6) is -0.00951. The largest absolute Gasteiger partial charge is 0.380 e. The van der Waals surface area contributed by atoms with E-state index < -0.39 is 0 Å². The molecule has 1 heterocycles. The second-order valence-electron chi connectivity index (χ2n) is 3.11. The van der Waals surface area contributed by atoms with Gasteiger partial charge in [-0.1, -0.05) is 0 Å². The fourth-order valence-corrected chi connectivity index (χ4v) is 0.995. The second kappa shape index (κ2) is 3.19. The minimum absolute atomic E-state index is 0.00951. The molecule has 11 heavy (non-hydrogen) atoms. The molecular weight excluding hydrogens is 144 g/mol. The van der Waals surface area contributed by atoms with Crippen LogP contribution in [0.4, 0.5) is 0 Å². The van der Waals surface area contributed by atoms with Gasteiger partial charge in [0.15, 0.2) is 0 Å². The van der Waals surface area contributed by atoms with Crippen molar-refractivity contribution in [1.29, 1.82) is 0 Å². The Bertz CT molecular complexity index is 149. The number of rotatable bonds is 3. The van der Waals surface area contributed by atoms with Crippen LogP contribution in [0.3, 0.4) is 0 Å². The molecule has 0 aromatic rings. The number of hydrogen-bond acceptors (Lipinski definition) is 3. The third kappa shape index (κ3) is 1.91. The zero-order chi connectivity index (χ0) is 8.32. The molecule has 1 saturated heterocycles. The van der Waals surface area contributed by atoms with Crippen LogP contribution in [0.15, 0.2) is 0 Å². The Morgan fingerprint density at radius 1 is 1.73 bits per heavy atom. The first-order valence-electron chi connectivity index (χ1n) is 3.71. The molecule has 64 valence electrons. The van der Waals surface area contributed by atoms with E-state index in [1.165, 1.54) is 6.92 Å². The van der Waals surface area contributed by atoms with Gasteiger partial charge in [-0.15, -0.1) is 0 Å². The van der Waals surface area contributed by atoms with E-state index in [1.54, 1.807) is 0 Å². The number of carbonyl (C=O) groups is 1. The van der Waals surface area contributed by atoms with Gasteiger partial charge in [-0.2, -0.15) is 0 Å². The van der Waals surface area contributed by atoms with Gasteiger partial charge in [0.1, 0.15) is 0 Å². The van der Waals surface area contributed by atoms with Crippen LogP contribution < -0.4 is 11.1 Å². The number of carbonyl (C=O) groups excluding carboxylic acids is 1. The van der Waals surface area contributed by atoms with E-state index in [4.69, 9.17) is 10.5 Å². The molecule has 0 aromatic heterocycles. The van der Waals surface area contributed by atoms with Crippen LogP contribution in [0, 0.1) is 5.41 Å². The van der Waals surface area contributed by atoms with E-state index in [0.717, 1.165) is 0 Å². The van der Waals surface area contributed by atoms with Crippen LogP contribution in [-0.4, -0.2) is 32.2 Å². The Kier molecular flexibility index (Phi) is 2.46. The third-order valence-corrected chi connectivity index (χ3v) is 1.96. The number of amides is 1. The molecule has 0 saturated carbocycles. The maximum absolute atomic E-state index is 10.6. The van der Waals surface area contributed by atoms with E-state index in [-0.39, 0.29) is 11.3 Å². The van der Waals surface area contributed by atoms with Crippen LogP contribution >= 0.6 is 0 Å². The molecular formula is C7H14N2O2. The smallest absolute Gasteiger partial charge is 0.216 e. The van der Waals surface area contributed by atoms with Gasteiger partial charge in [0.05, 0.1) is 13.2 Å². The zero-order valence-corrected chi connectivity index (χ0v) is 6.72. The van der Waals surface area contributed by atoms with Crippen molar-refractivity contribution < 1.29 is 9.53 Å². The molecule has 0 aromatic carbocycles. The summed E-state index contributed by atoms with van der Waals surface area (Å²) in [5.41, 5.74) is 5.54. The number of hydrogen-bond donors (Lipinski definition) is 2. The van der Waals surface area contributed by atoms with Crippen LogP contribution in [0.5, 0.6) is 0 Å². The highest BCUT2D eigenvalue weighted by Gasteiger charge is 2.37. The maximum atomic E-state index is 10.6. The first-order chi connectivity index (χ1) is 5.18. The van der Waals surface area contributed by atoms with Crippen molar-refractivity contribution in [3.05, 3.63) is 0 Å². The van der Waals surface area contributed by atoms with Crippen molar-refractivity contribution >= 4 is 5.91 Å². The van der Waals surface area contributed by atoms with Gasteiger partial charge in [0.2, 0.25) is 5.91 Å². The van der Waals surface area contributed by atoms with Crippen molar-refractivity contribution in [2.45, 2.75) is 6.92 Å². The van der Waals surface area contributed by atoms with E-state index in [9.17, 15) is 4.79 Å². The third-order valence-electron chi connectivity index (χ3n) is 1.96. The van der Waals surface area contributed by atoms with E-state index in [1.807, 2.05) is 0 Å². The van der Waals surface area contributed by atoms with Gasteiger partial charge in [0.25, 0.3) is 0 Å². The summed E-state index contributed by atoms with van der Waals surface area (Å²) in [6.45, 7) is 4.06. The lowest BCUT2D eigenvalue weighted by atomic mass is 9.86. The first kappa shape index (κ1) is 8.49. The fourth-order valence-electron chi connectivity index (χ4n) is 0.995. The average Bonchev–Trinajstić information content (AvgIpc) is 1.86. The van der Waals surface area contributed by atoms with Gasteiger partial charge < -0.3 is 15.8 Å². The van der Waals surface area contributed by atoms with Crippen molar-refractivity contribution in [2.75, 3.05) is 26.3 Å². The SMILES string of the molecule is CC(=O)NCC1(CN)COC1. The Morgan fingerprint density at radius 3 is 2.64 bits per heavy atom. The van der Waals surface area contributed by atoms with Gasteiger partial charge in [-0.25, -0.2) is 0 Å². The predicted molar refractivity (Wildman–Crippen MR) is 41.0 cm³/mol. The maximum Gasteiger partial charge on any atom is 0.216 e. The Morgan fingerprint density at radius 2 is 2.36 bits per heavy atom. The van der Waals surface area contributed by atoms with Gasteiger partial charge in [-0.3, -0.25) is 4.79 Å².